The zero-order chi connectivity index (χ0) is 23.5. The summed E-state index contributed by atoms with van der Waals surface area (Å²) in [6.07, 6.45) is 6.04. The second-order valence-corrected chi connectivity index (χ2v) is 8.61. The molecule has 2 N–H and O–H groups in total. The fourth-order valence-electron chi connectivity index (χ4n) is 4.57. The quantitative estimate of drug-likeness (QED) is 0.399. The molecule has 1 aliphatic carbocycles. The van der Waals surface area contributed by atoms with Crippen LogP contribution in [0.15, 0.2) is 86.0 Å². The molecule has 2 atom stereocenters. The predicted molar refractivity (Wildman–Crippen MR) is 131 cm³/mol. The van der Waals surface area contributed by atoms with Gasteiger partial charge in [0.1, 0.15) is 13.2 Å². The van der Waals surface area contributed by atoms with E-state index in [1.54, 1.807) is 24.3 Å². The Hall–Kier alpha value is -3.54. The van der Waals surface area contributed by atoms with Gasteiger partial charge in [0.15, 0.2) is 0 Å². The predicted octanol–water partition coefficient (Wildman–Crippen LogP) is 6.65. The van der Waals surface area contributed by atoms with Crippen LogP contribution in [0.3, 0.4) is 0 Å². The SMILES string of the molecule is C=CC[C@@H]1CC(COC(=O)Nc2ccccc2)(COC(=O)Nc2ccccc2)C[C@H]1CC=C. The van der Waals surface area contributed by atoms with Crippen molar-refractivity contribution in [2.45, 2.75) is 25.7 Å². The van der Waals surface area contributed by atoms with Gasteiger partial charge in [-0.25, -0.2) is 9.59 Å². The lowest BCUT2D eigenvalue weighted by Gasteiger charge is -2.28. The summed E-state index contributed by atoms with van der Waals surface area (Å²) in [5.74, 6) is 0.726. The lowest BCUT2D eigenvalue weighted by atomic mass is 9.86. The summed E-state index contributed by atoms with van der Waals surface area (Å²) < 4.78 is 11.2. The van der Waals surface area contributed by atoms with E-state index in [0.29, 0.717) is 23.2 Å². The van der Waals surface area contributed by atoms with Crippen molar-refractivity contribution in [2.24, 2.45) is 17.3 Å². The standard InChI is InChI=1S/C27H32N2O4/c1-3-11-21-17-27(18-22(21)12-4-2,19-32-25(30)28-23-13-7-5-8-14-23)20-33-26(31)29-24-15-9-6-10-16-24/h3-10,13-16,21-22H,1-2,11-12,17-20H2,(H,28,30)(H,29,31)/t21-,22-/m1/s1. The van der Waals surface area contributed by atoms with Gasteiger partial charge < -0.3 is 9.47 Å². The Morgan fingerprint density at radius 2 is 1.18 bits per heavy atom. The van der Waals surface area contributed by atoms with Crippen molar-refractivity contribution in [1.82, 2.24) is 0 Å². The highest BCUT2D eigenvalue weighted by Crippen LogP contribution is 2.49. The van der Waals surface area contributed by atoms with Crippen molar-refractivity contribution < 1.29 is 19.1 Å². The van der Waals surface area contributed by atoms with Crippen molar-refractivity contribution in [3.05, 3.63) is 86.0 Å². The molecule has 0 aromatic heterocycles. The fourth-order valence-corrected chi connectivity index (χ4v) is 4.57. The molecule has 6 heteroatoms. The van der Waals surface area contributed by atoms with Crippen molar-refractivity contribution in [3.63, 3.8) is 0 Å². The van der Waals surface area contributed by atoms with E-state index < -0.39 is 17.6 Å². The molecule has 2 amide bonds. The Bertz CT molecular complexity index is 852. The molecule has 0 saturated heterocycles. The molecule has 0 bridgehead atoms. The van der Waals surface area contributed by atoms with E-state index >= 15 is 0 Å². The Kier molecular flexibility index (Phi) is 8.70. The molecule has 1 aliphatic rings. The van der Waals surface area contributed by atoms with Gasteiger partial charge in [-0.15, -0.1) is 13.2 Å². The molecule has 2 aromatic rings. The number of nitrogens with one attached hydrogen (secondary N) is 2. The summed E-state index contributed by atoms with van der Waals surface area (Å²) in [5, 5.41) is 5.48. The zero-order valence-corrected chi connectivity index (χ0v) is 18.9. The van der Waals surface area contributed by atoms with Gasteiger partial charge in [0.25, 0.3) is 0 Å². The first-order chi connectivity index (χ1) is 16.0. The molecule has 6 nitrogen and oxygen atoms in total. The number of amides is 2. The smallest absolute Gasteiger partial charge is 0.411 e. The largest absolute Gasteiger partial charge is 0.449 e. The van der Waals surface area contributed by atoms with Gasteiger partial charge in [-0.05, 0) is 61.8 Å². The van der Waals surface area contributed by atoms with Crippen molar-refractivity contribution in [1.29, 1.82) is 0 Å². The number of hydrogen-bond donors (Lipinski definition) is 2. The average Bonchev–Trinajstić information content (AvgIpc) is 3.16. The number of para-hydroxylation sites is 2. The van der Waals surface area contributed by atoms with E-state index in [2.05, 4.69) is 23.8 Å². The monoisotopic (exact) mass is 448 g/mol. The minimum atomic E-state index is -0.526. The highest BCUT2D eigenvalue weighted by atomic mass is 16.6. The number of carbonyl (C=O) groups is 2. The summed E-state index contributed by atoms with van der Waals surface area (Å²) in [6.45, 7) is 8.10. The van der Waals surface area contributed by atoms with Crippen molar-refractivity contribution in [3.8, 4) is 0 Å². The molecule has 1 fully saturated rings. The fraction of sp³-hybridized carbons (Fsp3) is 0.333. The third-order valence-electron chi connectivity index (χ3n) is 6.06. The van der Waals surface area contributed by atoms with E-state index in [4.69, 9.17) is 9.47 Å². The van der Waals surface area contributed by atoms with Crippen molar-refractivity contribution in [2.75, 3.05) is 23.8 Å². The molecule has 33 heavy (non-hydrogen) atoms. The third kappa shape index (κ3) is 7.24. The highest BCUT2D eigenvalue weighted by molar-refractivity contribution is 5.85. The van der Waals surface area contributed by atoms with Gasteiger partial charge in [-0.3, -0.25) is 10.6 Å². The maximum absolute atomic E-state index is 12.4. The van der Waals surface area contributed by atoms with Gasteiger partial charge in [-0.1, -0.05) is 48.6 Å². The van der Waals surface area contributed by atoms with E-state index in [-0.39, 0.29) is 13.2 Å². The summed E-state index contributed by atoms with van der Waals surface area (Å²) >= 11 is 0. The molecule has 174 valence electrons. The summed E-state index contributed by atoms with van der Waals surface area (Å²) in [4.78, 5) is 24.8. The topological polar surface area (TPSA) is 76.7 Å². The Morgan fingerprint density at radius 3 is 1.55 bits per heavy atom. The van der Waals surface area contributed by atoms with Crippen LogP contribution >= 0.6 is 0 Å². The summed E-state index contributed by atoms with van der Waals surface area (Å²) in [6, 6.07) is 18.3. The van der Waals surface area contributed by atoms with Crippen LogP contribution in [-0.2, 0) is 9.47 Å². The van der Waals surface area contributed by atoms with Gasteiger partial charge in [0.2, 0.25) is 0 Å². The van der Waals surface area contributed by atoms with Crippen LogP contribution in [0.2, 0.25) is 0 Å². The third-order valence-corrected chi connectivity index (χ3v) is 6.06. The average molecular weight is 449 g/mol. The number of hydrogen-bond acceptors (Lipinski definition) is 4. The normalized spacial score (nSPS) is 18.7. The number of rotatable bonds is 10. The maximum atomic E-state index is 12.4. The molecule has 0 aliphatic heterocycles. The molecule has 0 radical (unpaired) electrons. The summed E-state index contributed by atoms with van der Waals surface area (Å²) in [5.41, 5.74) is 0.856. The minimum absolute atomic E-state index is 0.158. The number of ether oxygens (including phenoxy) is 2. The zero-order valence-electron chi connectivity index (χ0n) is 18.9. The van der Waals surface area contributed by atoms with Crippen LogP contribution in [0.25, 0.3) is 0 Å². The highest BCUT2D eigenvalue weighted by Gasteiger charge is 2.46. The molecular weight excluding hydrogens is 416 g/mol. The van der Waals surface area contributed by atoms with Crippen LogP contribution < -0.4 is 10.6 Å². The first kappa shape index (κ1) is 24.1. The maximum Gasteiger partial charge on any atom is 0.411 e. The molecular formula is C27H32N2O4. The number of benzene rings is 2. The van der Waals surface area contributed by atoms with Crippen LogP contribution in [0.1, 0.15) is 25.7 Å². The van der Waals surface area contributed by atoms with Crippen molar-refractivity contribution >= 4 is 23.6 Å². The Labute approximate surface area is 195 Å². The second-order valence-electron chi connectivity index (χ2n) is 8.61. The van der Waals surface area contributed by atoms with Crippen LogP contribution in [0.4, 0.5) is 21.0 Å². The Morgan fingerprint density at radius 1 is 0.788 bits per heavy atom. The van der Waals surface area contributed by atoms with E-state index in [1.165, 1.54) is 0 Å². The van der Waals surface area contributed by atoms with Crippen LogP contribution in [-0.4, -0.2) is 25.4 Å². The summed E-state index contributed by atoms with van der Waals surface area (Å²) in [7, 11) is 0. The number of carbonyl (C=O) groups excluding carboxylic acids is 2. The number of allylic oxidation sites excluding steroid dienone is 2. The van der Waals surface area contributed by atoms with E-state index in [0.717, 1.165) is 25.7 Å². The minimum Gasteiger partial charge on any atom is -0.449 e. The molecule has 3 rings (SSSR count). The lowest BCUT2D eigenvalue weighted by Crippen LogP contribution is -2.34. The number of anilines is 2. The van der Waals surface area contributed by atoms with Gasteiger partial charge in [0, 0.05) is 16.8 Å². The van der Waals surface area contributed by atoms with E-state index in [9.17, 15) is 9.59 Å². The molecule has 1 saturated carbocycles. The molecule has 2 aromatic carbocycles. The Balaban J connectivity index is 1.66. The van der Waals surface area contributed by atoms with Crippen LogP contribution in [0.5, 0.6) is 0 Å². The van der Waals surface area contributed by atoms with Crippen LogP contribution in [0, 0.1) is 17.3 Å². The molecule has 0 heterocycles. The first-order valence-electron chi connectivity index (χ1n) is 11.2. The lowest BCUT2D eigenvalue weighted by molar-refractivity contribution is 0.0340. The first-order valence-corrected chi connectivity index (χ1v) is 11.2. The van der Waals surface area contributed by atoms with E-state index in [1.807, 2.05) is 48.6 Å². The van der Waals surface area contributed by atoms with Gasteiger partial charge in [-0.2, -0.15) is 0 Å². The molecule has 0 spiro atoms. The van der Waals surface area contributed by atoms with Gasteiger partial charge >= 0.3 is 12.2 Å². The molecule has 0 unspecified atom stereocenters. The van der Waals surface area contributed by atoms with Gasteiger partial charge in [0.05, 0.1) is 0 Å². The second kappa shape index (κ2) is 11.9.